The Bertz CT molecular complexity index is 1080. The van der Waals surface area contributed by atoms with Gasteiger partial charge in [0.2, 0.25) is 0 Å². The van der Waals surface area contributed by atoms with Crippen LogP contribution in [0.4, 0.5) is 11.4 Å². The lowest BCUT2D eigenvalue weighted by Crippen LogP contribution is -2.42. The van der Waals surface area contributed by atoms with Gasteiger partial charge in [0.05, 0.1) is 5.54 Å². The first kappa shape index (κ1) is 20.4. The molecule has 0 spiro atoms. The molecular weight excluding hydrogens is 358 g/mol. The average Bonchev–Trinajstić information content (AvgIpc) is 2.64. The largest absolute Gasteiger partial charge is 0.365 e. The summed E-state index contributed by atoms with van der Waals surface area (Å²) in [4.78, 5) is 14.9. The third-order valence-electron chi connectivity index (χ3n) is 5.55. The predicted molar refractivity (Wildman–Crippen MR) is 121 cm³/mol. The Hall–Kier alpha value is -3.32. The molecule has 0 unspecified atom stereocenters. The fraction of sp³-hybridized carbons (Fsp3) is 0.280. The molecule has 0 fully saturated rings. The van der Waals surface area contributed by atoms with E-state index in [0.29, 0.717) is 5.69 Å². The predicted octanol–water partition coefficient (Wildman–Crippen LogP) is 5.48. The number of likely N-dealkylation sites (N-methyl/N-ethyl adjacent to an activating group) is 1. The summed E-state index contributed by atoms with van der Waals surface area (Å²) in [7, 11) is 2.09. The number of rotatable bonds is 3. The summed E-state index contributed by atoms with van der Waals surface area (Å²) >= 11 is 0. The Labute approximate surface area is 173 Å². The first-order valence-electron chi connectivity index (χ1n) is 9.70. The van der Waals surface area contributed by atoms with Crippen molar-refractivity contribution in [1.82, 2.24) is 0 Å². The van der Waals surface area contributed by atoms with Crippen molar-refractivity contribution >= 4 is 28.9 Å². The highest BCUT2D eigenvalue weighted by Crippen LogP contribution is 2.39. The molecule has 4 nitrogen and oxygen atoms in total. The van der Waals surface area contributed by atoms with Crippen molar-refractivity contribution < 1.29 is 4.79 Å². The number of nitrogens with one attached hydrogen (secondary N) is 1. The number of anilines is 2. The molecule has 29 heavy (non-hydrogen) atoms. The zero-order valence-corrected chi connectivity index (χ0v) is 17.9. The van der Waals surface area contributed by atoms with Crippen LogP contribution in [0.25, 0.3) is 11.6 Å². The standard InChI is InChI=1S/C25H27N3O/c1-16-8-7-9-21(10-16)27-24(29)20(15-26)12-19-13-22-18(3)14-25(4,5)28(6)23(22)11-17(19)2/h7-14H,1-6H3,(H,27,29)/b20-12-. The van der Waals surface area contributed by atoms with Crippen LogP contribution in [0.2, 0.25) is 0 Å². The quantitative estimate of drug-likeness (QED) is 0.562. The van der Waals surface area contributed by atoms with E-state index in [1.165, 1.54) is 5.57 Å². The lowest BCUT2D eigenvalue weighted by Gasteiger charge is -2.41. The van der Waals surface area contributed by atoms with E-state index in [9.17, 15) is 10.1 Å². The Morgan fingerprint density at radius 3 is 2.55 bits per heavy atom. The second kappa shape index (κ2) is 7.60. The van der Waals surface area contributed by atoms with Gasteiger partial charge in [-0.25, -0.2) is 0 Å². The van der Waals surface area contributed by atoms with Crippen LogP contribution >= 0.6 is 0 Å². The van der Waals surface area contributed by atoms with E-state index >= 15 is 0 Å². The highest BCUT2D eigenvalue weighted by molar-refractivity contribution is 6.09. The van der Waals surface area contributed by atoms with Crippen molar-refractivity contribution in [3.05, 3.63) is 70.3 Å². The lowest BCUT2D eigenvalue weighted by atomic mass is 9.87. The van der Waals surface area contributed by atoms with E-state index in [0.717, 1.165) is 27.9 Å². The molecule has 1 aliphatic heterocycles. The van der Waals surface area contributed by atoms with E-state index in [-0.39, 0.29) is 11.1 Å². The van der Waals surface area contributed by atoms with Gasteiger partial charge in [0.1, 0.15) is 11.6 Å². The molecule has 1 aliphatic rings. The molecule has 4 heteroatoms. The van der Waals surface area contributed by atoms with Crippen LogP contribution < -0.4 is 10.2 Å². The second-order valence-electron chi connectivity index (χ2n) is 8.26. The van der Waals surface area contributed by atoms with E-state index in [1.54, 1.807) is 6.08 Å². The van der Waals surface area contributed by atoms with Gasteiger partial charge < -0.3 is 10.2 Å². The zero-order valence-electron chi connectivity index (χ0n) is 17.9. The van der Waals surface area contributed by atoms with Gasteiger partial charge >= 0.3 is 0 Å². The molecule has 0 saturated heterocycles. The lowest BCUT2D eigenvalue weighted by molar-refractivity contribution is -0.112. The van der Waals surface area contributed by atoms with Crippen molar-refractivity contribution in [2.75, 3.05) is 17.3 Å². The van der Waals surface area contributed by atoms with E-state index < -0.39 is 5.91 Å². The number of hydrogen-bond acceptors (Lipinski definition) is 3. The second-order valence-corrected chi connectivity index (χ2v) is 8.26. The summed E-state index contributed by atoms with van der Waals surface area (Å²) in [6, 6.07) is 13.8. The van der Waals surface area contributed by atoms with Gasteiger partial charge in [-0.1, -0.05) is 18.2 Å². The number of fused-ring (bicyclic) bond motifs is 1. The van der Waals surface area contributed by atoms with Crippen molar-refractivity contribution in [2.24, 2.45) is 0 Å². The summed E-state index contributed by atoms with van der Waals surface area (Å²) in [5, 5.41) is 12.4. The molecule has 1 heterocycles. The SMILES string of the molecule is CC1=CC(C)(C)N(C)c2cc(C)c(/C=C(/C#N)C(=O)Nc3cccc(C)c3)cc21. The van der Waals surface area contributed by atoms with Gasteiger partial charge in [-0.2, -0.15) is 5.26 Å². The third kappa shape index (κ3) is 4.09. The molecule has 2 aromatic carbocycles. The highest BCUT2D eigenvalue weighted by Gasteiger charge is 2.28. The van der Waals surface area contributed by atoms with E-state index in [1.807, 2.05) is 44.2 Å². The van der Waals surface area contributed by atoms with Crippen LogP contribution in [-0.2, 0) is 4.79 Å². The van der Waals surface area contributed by atoms with E-state index in [2.05, 4.69) is 56.2 Å². The Morgan fingerprint density at radius 1 is 1.17 bits per heavy atom. The van der Waals surface area contributed by atoms with Gasteiger partial charge in [-0.05, 0) is 87.2 Å². The minimum absolute atomic E-state index is 0.0631. The number of benzene rings is 2. The Balaban J connectivity index is 1.98. The summed E-state index contributed by atoms with van der Waals surface area (Å²) in [5.41, 5.74) is 7.13. The molecule has 0 atom stereocenters. The van der Waals surface area contributed by atoms with Crippen LogP contribution in [0.15, 0.2) is 48.0 Å². The number of carbonyl (C=O) groups excluding carboxylic acids is 1. The van der Waals surface area contributed by atoms with Crippen molar-refractivity contribution in [1.29, 1.82) is 5.26 Å². The highest BCUT2D eigenvalue weighted by atomic mass is 16.1. The average molecular weight is 386 g/mol. The van der Waals surface area contributed by atoms with Gasteiger partial charge in [0.25, 0.3) is 5.91 Å². The number of amides is 1. The van der Waals surface area contributed by atoms with Gasteiger partial charge in [0.15, 0.2) is 0 Å². The van der Waals surface area contributed by atoms with Gasteiger partial charge in [0, 0.05) is 24.0 Å². The van der Waals surface area contributed by atoms with Crippen LogP contribution in [0.1, 0.15) is 43.0 Å². The number of nitrogens with zero attached hydrogens (tertiary/aromatic N) is 2. The number of carbonyl (C=O) groups is 1. The van der Waals surface area contributed by atoms with Crippen LogP contribution in [0.3, 0.4) is 0 Å². The maximum Gasteiger partial charge on any atom is 0.266 e. The van der Waals surface area contributed by atoms with Crippen molar-refractivity contribution in [3.63, 3.8) is 0 Å². The molecule has 0 radical (unpaired) electrons. The van der Waals surface area contributed by atoms with Crippen molar-refractivity contribution in [2.45, 2.75) is 40.2 Å². The van der Waals surface area contributed by atoms with Gasteiger partial charge in [-0.3, -0.25) is 4.79 Å². The fourth-order valence-electron chi connectivity index (χ4n) is 3.70. The summed E-state index contributed by atoms with van der Waals surface area (Å²) in [6.07, 6.45) is 3.92. The maximum absolute atomic E-state index is 12.6. The Morgan fingerprint density at radius 2 is 1.90 bits per heavy atom. The molecule has 1 amide bonds. The summed E-state index contributed by atoms with van der Waals surface area (Å²) < 4.78 is 0. The van der Waals surface area contributed by atoms with Crippen molar-refractivity contribution in [3.8, 4) is 6.07 Å². The molecule has 2 aromatic rings. The summed E-state index contributed by atoms with van der Waals surface area (Å²) in [5.74, 6) is -0.402. The first-order chi connectivity index (χ1) is 13.6. The van der Waals surface area contributed by atoms with Crippen LogP contribution in [0.5, 0.6) is 0 Å². The molecule has 0 bridgehead atoms. The molecule has 0 saturated carbocycles. The van der Waals surface area contributed by atoms with Crippen LogP contribution in [0, 0.1) is 25.2 Å². The van der Waals surface area contributed by atoms with Gasteiger partial charge in [-0.15, -0.1) is 0 Å². The fourth-order valence-corrected chi connectivity index (χ4v) is 3.70. The minimum Gasteiger partial charge on any atom is -0.365 e. The Kier molecular flexibility index (Phi) is 5.35. The molecule has 148 valence electrons. The molecule has 1 N–H and O–H groups in total. The number of hydrogen-bond donors (Lipinski definition) is 1. The minimum atomic E-state index is -0.402. The molecule has 0 aliphatic carbocycles. The molecule has 3 rings (SSSR count). The number of allylic oxidation sites excluding steroid dienone is 1. The molecule has 0 aromatic heterocycles. The monoisotopic (exact) mass is 385 g/mol. The van der Waals surface area contributed by atoms with E-state index in [4.69, 9.17) is 0 Å². The maximum atomic E-state index is 12.6. The summed E-state index contributed by atoms with van der Waals surface area (Å²) in [6.45, 7) is 10.4. The van der Waals surface area contributed by atoms with Crippen LogP contribution in [-0.4, -0.2) is 18.5 Å². The third-order valence-corrected chi connectivity index (χ3v) is 5.55. The number of aryl methyl sites for hydroxylation is 2. The first-order valence-corrected chi connectivity index (χ1v) is 9.70. The smallest absolute Gasteiger partial charge is 0.266 e. The topological polar surface area (TPSA) is 56.1 Å². The zero-order chi connectivity index (χ0) is 21.3. The normalized spacial score (nSPS) is 15.3. The number of nitriles is 1. The molecular formula is C25H27N3O.